The summed E-state index contributed by atoms with van der Waals surface area (Å²) in [6.45, 7) is 6.95. The molecule has 1 aromatic carbocycles. The van der Waals surface area contributed by atoms with Crippen LogP contribution in [0.3, 0.4) is 0 Å². The van der Waals surface area contributed by atoms with Crippen molar-refractivity contribution in [3.05, 3.63) is 28.8 Å². The normalized spacial score (nSPS) is 18.9. The van der Waals surface area contributed by atoms with E-state index in [4.69, 9.17) is 22.4 Å². The molecule has 2 rings (SSSR count). The molecule has 0 aliphatic carbocycles. The second-order valence-electron chi connectivity index (χ2n) is 5.40. The fourth-order valence-corrected chi connectivity index (χ4v) is 3.02. The molecule has 3 N–H and O–H groups in total. The maximum atomic E-state index is 9.03. The Balaban J connectivity index is 2.06. The lowest BCUT2D eigenvalue weighted by Crippen LogP contribution is -2.32. The van der Waals surface area contributed by atoms with Crippen molar-refractivity contribution in [2.45, 2.75) is 19.4 Å². The molecule has 5 heteroatoms. The molecule has 1 atom stereocenters. The fraction of sp³-hybridized carbons (Fsp3) is 0.600. The summed E-state index contributed by atoms with van der Waals surface area (Å²) in [4.78, 5) is 4.66. The van der Waals surface area contributed by atoms with Gasteiger partial charge in [-0.3, -0.25) is 4.90 Å². The zero-order valence-corrected chi connectivity index (χ0v) is 12.8. The Hall–Kier alpha value is -0.810. The number of nitrogens with zero attached hydrogens (tertiary/aromatic N) is 2. The van der Waals surface area contributed by atoms with E-state index >= 15 is 0 Å². The number of β-amino-alcohol motifs (C(OH)–C–C–N with tert-alkyl or cyclic N) is 1. The van der Waals surface area contributed by atoms with E-state index in [0.29, 0.717) is 0 Å². The minimum Gasteiger partial charge on any atom is -0.395 e. The lowest BCUT2D eigenvalue weighted by Gasteiger charge is -2.24. The molecule has 1 saturated heterocycles. The van der Waals surface area contributed by atoms with Gasteiger partial charge in [0, 0.05) is 42.9 Å². The van der Waals surface area contributed by atoms with E-state index in [1.165, 1.54) is 0 Å². The van der Waals surface area contributed by atoms with Gasteiger partial charge in [0.2, 0.25) is 0 Å². The van der Waals surface area contributed by atoms with Crippen LogP contribution in [0.2, 0.25) is 5.02 Å². The van der Waals surface area contributed by atoms with Gasteiger partial charge in [-0.15, -0.1) is 0 Å². The maximum Gasteiger partial charge on any atom is 0.0558 e. The van der Waals surface area contributed by atoms with Gasteiger partial charge in [0.05, 0.1) is 6.61 Å². The number of anilines is 1. The molecule has 0 aromatic heterocycles. The molecule has 1 fully saturated rings. The average molecular weight is 298 g/mol. The average Bonchev–Trinajstić information content (AvgIpc) is 2.64. The molecule has 0 spiro atoms. The Kier molecular flexibility index (Phi) is 5.66. The summed E-state index contributed by atoms with van der Waals surface area (Å²) >= 11 is 6.31. The molecular weight excluding hydrogens is 274 g/mol. The zero-order chi connectivity index (χ0) is 14.5. The summed E-state index contributed by atoms with van der Waals surface area (Å²) in [7, 11) is 0. The first kappa shape index (κ1) is 15.6. The lowest BCUT2D eigenvalue weighted by molar-refractivity contribution is 0.204. The minimum atomic E-state index is -0.0410. The van der Waals surface area contributed by atoms with Crippen molar-refractivity contribution >= 4 is 17.3 Å². The standard InChI is InChI=1S/C15H24ClN3O/c1-12(17)14-4-3-13(11-15(14)16)19-6-2-5-18(7-8-19)9-10-20/h3-4,11-12,20H,2,5-10,17H2,1H3. The second-order valence-corrected chi connectivity index (χ2v) is 5.81. The van der Waals surface area contributed by atoms with E-state index in [0.717, 1.165) is 55.4 Å². The summed E-state index contributed by atoms with van der Waals surface area (Å²) in [5.74, 6) is 0. The van der Waals surface area contributed by atoms with Gasteiger partial charge >= 0.3 is 0 Å². The van der Waals surface area contributed by atoms with E-state index < -0.39 is 0 Å². The van der Waals surface area contributed by atoms with Crippen LogP contribution in [0.15, 0.2) is 18.2 Å². The first-order chi connectivity index (χ1) is 9.61. The number of halogens is 1. The molecule has 1 aliphatic heterocycles. The van der Waals surface area contributed by atoms with Crippen molar-refractivity contribution in [1.82, 2.24) is 4.90 Å². The van der Waals surface area contributed by atoms with Crippen molar-refractivity contribution in [2.24, 2.45) is 5.73 Å². The molecule has 20 heavy (non-hydrogen) atoms. The molecule has 1 heterocycles. The first-order valence-corrected chi connectivity index (χ1v) is 7.63. The molecule has 4 nitrogen and oxygen atoms in total. The number of hydrogen-bond donors (Lipinski definition) is 2. The van der Waals surface area contributed by atoms with Crippen LogP contribution in [0, 0.1) is 0 Å². The summed E-state index contributed by atoms with van der Waals surface area (Å²) in [6.07, 6.45) is 1.10. The van der Waals surface area contributed by atoms with E-state index in [-0.39, 0.29) is 12.6 Å². The number of nitrogens with two attached hydrogens (primary N) is 1. The molecule has 1 aliphatic rings. The quantitative estimate of drug-likeness (QED) is 0.891. The Labute approximate surface area is 126 Å². The molecular formula is C15H24ClN3O. The van der Waals surface area contributed by atoms with Gasteiger partial charge in [-0.2, -0.15) is 0 Å². The van der Waals surface area contributed by atoms with Crippen LogP contribution in [-0.4, -0.2) is 49.3 Å². The van der Waals surface area contributed by atoms with Crippen molar-refractivity contribution in [3.8, 4) is 0 Å². The summed E-state index contributed by atoms with van der Waals surface area (Å²) in [5, 5.41) is 9.77. The van der Waals surface area contributed by atoms with Gasteiger partial charge < -0.3 is 15.7 Å². The number of aliphatic hydroxyl groups excluding tert-OH is 1. The zero-order valence-electron chi connectivity index (χ0n) is 12.1. The van der Waals surface area contributed by atoms with Crippen molar-refractivity contribution in [3.63, 3.8) is 0 Å². The minimum absolute atomic E-state index is 0.0410. The van der Waals surface area contributed by atoms with E-state index in [1.54, 1.807) is 0 Å². The topological polar surface area (TPSA) is 52.7 Å². The van der Waals surface area contributed by atoms with Gasteiger partial charge in [-0.25, -0.2) is 0 Å². The third kappa shape index (κ3) is 3.85. The van der Waals surface area contributed by atoms with Crippen LogP contribution in [-0.2, 0) is 0 Å². The summed E-state index contributed by atoms with van der Waals surface area (Å²) < 4.78 is 0. The maximum absolute atomic E-state index is 9.03. The number of benzene rings is 1. The monoisotopic (exact) mass is 297 g/mol. The second kappa shape index (κ2) is 7.27. The molecule has 0 radical (unpaired) electrons. The highest BCUT2D eigenvalue weighted by atomic mass is 35.5. The Morgan fingerprint density at radius 1 is 1.30 bits per heavy atom. The predicted octanol–water partition coefficient (Wildman–Crippen LogP) is 1.86. The van der Waals surface area contributed by atoms with Crippen molar-refractivity contribution in [2.75, 3.05) is 44.2 Å². The SMILES string of the molecule is CC(N)c1ccc(N2CCCN(CCO)CC2)cc1Cl. The third-order valence-electron chi connectivity index (χ3n) is 3.84. The van der Waals surface area contributed by atoms with E-state index in [2.05, 4.69) is 15.9 Å². The number of hydrogen-bond acceptors (Lipinski definition) is 4. The molecule has 1 aromatic rings. The Morgan fingerprint density at radius 3 is 2.75 bits per heavy atom. The predicted molar refractivity (Wildman–Crippen MR) is 84.4 cm³/mol. The molecule has 0 amide bonds. The molecule has 0 bridgehead atoms. The smallest absolute Gasteiger partial charge is 0.0558 e. The van der Waals surface area contributed by atoms with Gasteiger partial charge in [-0.1, -0.05) is 17.7 Å². The lowest BCUT2D eigenvalue weighted by atomic mass is 10.1. The van der Waals surface area contributed by atoms with Crippen LogP contribution in [0.4, 0.5) is 5.69 Å². The summed E-state index contributed by atoms with van der Waals surface area (Å²) in [5.41, 5.74) is 8.04. The van der Waals surface area contributed by atoms with E-state index in [1.807, 2.05) is 19.1 Å². The van der Waals surface area contributed by atoms with Crippen LogP contribution >= 0.6 is 11.6 Å². The van der Waals surface area contributed by atoms with Crippen molar-refractivity contribution < 1.29 is 5.11 Å². The first-order valence-electron chi connectivity index (χ1n) is 7.25. The van der Waals surface area contributed by atoms with E-state index in [9.17, 15) is 0 Å². The van der Waals surface area contributed by atoms with Crippen molar-refractivity contribution in [1.29, 1.82) is 0 Å². The number of rotatable bonds is 4. The number of aliphatic hydroxyl groups is 1. The summed E-state index contributed by atoms with van der Waals surface area (Å²) in [6, 6.07) is 6.10. The largest absolute Gasteiger partial charge is 0.395 e. The van der Waals surface area contributed by atoms with Crippen LogP contribution < -0.4 is 10.6 Å². The van der Waals surface area contributed by atoms with Gasteiger partial charge in [0.15, 0.2) is 0 Å². The Bertz CT molecular complexity index is 439. The Morgan fingerprint density at radius 2 is 2.10 bits per heavy atom. The van der Waals surface area contributed by atoms with Gasteiger partial charge in [-0.05, 0) is 37.6 Å². The van der Waals surface area contributed by atoms with Gasteiger partial charge in [0.25, 0.3) is 0 Å². The van der Waals surface area contributed by atoms with Crippen LogP contribution in [0.1, 0.15) is 24.9 Å². The van der Waals surface area contributed by atoms with Crippen LogP contribution in [0.25, 0.3) is 0 Å². The highest BCUT2D eigenvalue weighted by molar-refractivity contribution is 6.31. The van der Waals surface area contributed by atoms with Gasteiger partial charge in [0.1, 0.15) is 0 Å². The fourth-order valence-electron chi connectivity index (χ4n) is 2.68. The third-order valence-corrected chi connectivity index (χ3v) is 4.17. The highest BCUT2D eigenvalue weighted by Gasteiger charge is 2.16. The molecule has 112 valence electrons. The van der Waals surface area contributed by atoms with Crippen LogP contribution in [0.5, 0.6) is 0 Å². The molecule has 0 saturated carbocycles. The highest BCUT2D eigenvalue weighted by Crippen LogP contribution is 2.27. The molecule has 1 unspecified atom stereocenters.